The van der Waals surface area contributed by atoms with Gasteiger partial charge in [-0.1, -0.05) is 48.5 Å². The van der Waals surface area contributed by atoms with E-state index < -0.39 is 0 Å². The van der Waals surface area contributed by atoms with E-state index in [1.165, 1.54) is 27.6 Å². The van der Waals surface area contributed by atoms with E-state index in [-0.39, 0.29) is 0 Å². The molecule has 19 heavy (non-hydrogen) atoms. The second-order valence-corrected chi connectivity index (χ2v) is 4.91. The smallest absolute Gasteiger partial charge is 0.0483 e. The minimum Gasteiger partial charge on any atom is -0.350 e. The van der Waals surface area contributed by atoms with Crippen LogP contribution in [0.5, 0.6) is 0 Å². The molecule has 0 aliphatic carbocycles. The van der Waals surface area contributed by atoms with Crippen LogP contribution in [0.4, 0.5) is 0 Å². The summed E-state index contributed by atoms with van der Waals surface area (Å²) in [7, 11) is 2.09. The minimum atomic E-state index is 1.27. The average molecular weight is 247 g/mol. The summed E-state index contributed by atoms with van der Waals surface area (Å²) >= 11 is 0. The molecular formula is C18H17N. The molecule has 0 radical (unpaired) electrons. The van der Waals surface area contributed by atoms with Gasteiger partial charge in [0.2, 0.25) is 0 Å². The van der Waals surface area contributed by atoms with Gasteiger partial charge in [-0.3, -0.25) is 0 Å². The molecule has 0 saturated carbocycles. The number of fused-ring (bicyclic) bond motifs is 1. The number of benzene rings is 2. The Morgan fingerprint density at radius 2 is 1.63 bits per heavy atom. The van der Waals surface area contributed by atoms with Gasteiger partial charge in [-0.2, -0.15) is 0 Å². The maximum atomic E-state index is 2.26. The summed E-state index contributed by atoms with van der Waals surface area (Å²) in [5.74, 6) is 0. The molecule has 0 saturated heterocycles. The lowest BCUT2D eigenvalue weighted by Crippen LogP contribution is -1.81. The third-order valence-electron chi connectivity index (χ3n) is 3.53. The summed E-state index contributed by atoms with van der Waals surface area (Å²) in [6.45, 7) is 2.16. The highest BCUT2D eigenvalue weighted by atomic mass is 14.9. The standard InChI is InChI=1S/C18H17N/c1-14(15-8-4-3-5-9-15)12-16-13-19(2)18-11-7-6-10-17(16)18/h3-13H,1-2H3. The number of nitrogens with zero attached hydrogens (tertiary/aromatic N) is 1. The van der Waals surface area contributed by atoms with Crippen molar-refractivity contribution in [1.29, 1.82) is 0 Å². The Labute approximate surface area is 113 Å². The number of aromatic nitrogens is 1. The van der Waals surface area contributed by atoms with Crippen molar-refractivity contribution < 1.29 is 0 Å². The predicted molar refractivity (Wildman–Crippen MR) is 82.9 cm³/mol. The topological polar surface area (TPSA) is 4.93 Å². The molecule has 1 nitrogen and oxygen atoms in total. The van der Waals surface area contributed by atoms with E-state index in [2.05, 4.69) is 85.4 Å². The van der Waals surface area contributed by atoms with Gasteiger partial charge in [-0.15, -0.1) is 0 Å². The van der Waals surface area contributed by atoms with Crippen molar-refractivity contribution in [3.05, 3.63) is 71.9 Å². The monoisotopic (exact) mass is 247 g/mol. The van der Waals surface area contributed by atoms with Crippen LogP contribution in [-0.2, 0) is 7.05 Å². The molecule has 0 atom stereocenters. The maximum absolute atomic E-state index is 2.26. The lowest BCUT2D eigenvalue weighted by molar-refractivity contribution is 0.968. The van der Waals surface area contributed by atoms with Gasteiger partial charge in [0.15, 0.2) is 0 Å². The predicted octanol–water partition coefficient (Wildman–Crippen LogP) is 4.74. The third kappa shape index (κ3) is 2.19. The molecule has 0 amide bonds. The van der Waals surface area contributed by atoms with Crippen molar-refractivity contribution >= 4 is 22.6 Å². The summed E-state index contributed by atoms with van der Waals surface area (Å²) in [5, 5.41) is 1.31. The highest BCUT2D eigenvalue weighted by molar-refractivity contribution is 5.94. The van der Waals surface area contributed by atoms with E-state index >= 15 is 0 Å². The molecule has 0 aliphatic rings. The van der Waals surface area contributed by atoms with E-state index in [9.17, 15) is 0 Å². The number of allylic oxidation sites excluding steroid dienone is 1. The fraction of sp³-hybridized carbons (Fsp3) is 0.111. The van der Waals surface area contributed by atoms with E-state index in [1.807, 2.05) is 0 Å². The minimum absolute atomic E-state index is 1.27. The van der Waals surface area contributed by atoms with Gasteiger partial charge >= 0.3 is 0 Å². The summed E-state index contributed by atoms with van der Waals surface area (Å²) in [6, 6.07) is 19.0. The van der Waals surface area contributed by atoms with Gasteiger partial charge in [0, 0.05) is 29.7 Å². The van der Waals surface area contributed by atoms with Gasteiger partial charge in [-0.25, -0.2) is 0 Å². The number of aryl methyl sites for hydroxylation is 1. The Kier molecular flexibility index (Phi) is 2.96. The zero-order valence-corrected chi connectivity index (χ0v) is 11.3. The number of rotatable bonds is 2. The molecule has 1 heterocycles. The first-order chi connectivity index (χ1) is 9.25. The normalized spacial score (nSPS) is 12.0. The summed E-state index contributed by atoms with van der Waals surface area (Å²) in [6.07, 6.45) is 4.45. The van der Waals surface area contributed by atoms with Crippen molar-refractivity contribution in [2.75, 3.05) is 0 Å². The lowest BCUT2D eigenvalue weighted by atomic mass is 10.0. The molecule has 0 N–H and O–H groups in total. The molecule has 0 unspecified atom stereocenters. The molecule has 1 aromatic heterocycles. The van der Waals surface area contributed by atoms with Crippen molar-refractivity contribution in [2.45, 2.75) is 6.92 Å². The Morgan fingerprint density at radius 3 is 2.42 bits per heavy atom. The third-order valence-corrected chi connectivity index (χ3v) is 3.53. The highest BCUT2D eigenvalue weighted by Crippen LogP contribution is 2.25. The lowest BCUT2D eigenvalue weighted by Gasteiger charge is -2.00. The fourth-order valence-electron chi connectivity index (χ4n) is 2.51. The first kappa shape index (κ1) is 11.8. The molecule has 3 aromatic rings. The van der Waals surface area contributed by atoms with Crippen LogP contribution < -0.4 is 0 Å². The number of hydrogen-bond acceptors (Lipinski definition) is 0. The van der Waals surface area contributed by atoms with Crippen LogP contribution in [0.2, 0.25) is 0 Å². The highest BCUT2D eigenvalue weighted by Gasteiger charge is 2.04. The molecule has 0 bridgehead atoms. The van der Waals surface area contributed by atoms with Gasteiger partial charge in [0.1, 0.15) is 0 Å². The molecule has 2 aromatic carbocycles. The molecule has 0 fully saturated rings. The average Bonchev–Trinajstić information content (AvgIpc) is 2.77. The van der Waals surface area contributed by atoms with E-state index in [1.54, 1.807) is 0 Å². The maximum Gasteiger partial charge on any atom is 0.0483 e. The van der Waals surface area contributed by atoms with Crippen LogP contribution in [0, 0.1) is 0 Å². The second-order valence-electron chi connectivity index (χ2n) is 4.91. The van der Waals surface area contributed by atoms with Crippen LogP contribution in [0.1, 0.15) is 18.1 Å². The number of hydrogen-bond donors (Lipinski definition) is 0. The van der Waals surface area contributed by atoms with Gasteiger partial charge in [0.05, 0.1) is 0 Å². The van der Waals surface area contributed by atoms with Crippen molar-refractivity contribution in [3.8, 4) is 0 Å². The first-order valence-corrected chi connectivity index (χ1v) is 6.53. The number of para-hydroxylation sites is 1. The van der Waals surface area contributed by atoms with Crippen LogP contribution in [-0.4, -0.2) is 4.57 Å². The van der Waals surface area contributed by atoms with Crippen LogP contribution >= 0.6 is 0 Å². The van der Waals surface area contributed by atoms with E-state index in [0.717, 1.165) is 0 Å². The first-order valence-electron chi connectivity index (χ1n) is 6.53. The Hall–Kier alpha value is -2.28. The molecule has 94 valence electrons. The van der Waals surface area contributed by atoms with Crippen LogP contribution in [0.3, 0.4) is 0 Å². The Morgan fingerprint density at radius 1 is 0.947 bits per heavy atom. The van der Waals surface area contributed by atoms with Gasteiger partial charge in [-0.05, 0) is 30.2 Å². The van der Waals surface area contributed by atoms with Gasteiger partial charge < -0.3 is 4.57 Å². The van der Waals surface area contributed by atoms with Crippen molar-refractivity contribution in [2.24, 2.45) is 7.05 Å². The largest absolute Gasteiger partial charge is 0.350 e. The summed E-state index contributed by atoms with van der Waals surface area (Å²) < 4.78 is 2.18. The summed E-state index contributed by atoms with van der Waals surface area (Å²) in [5.41, 5.74) is 5.11. The zero-order valence-electron chi connectivity index (χ0n) is 11.3. The molecule has 0 aliphatic heterocycles. The summed E-state index contributed by atoms with van der Waals surface area (Å²) in [4.78, 5) is 0. The van der Waals surface area contributed by atoms with E-state index in [4.69, 9.17) is 0 Å². The van der Waals surface area contributed by atoms with Gasteiger partial charge in [0.25, 0.3) is 0 Å². The second kappa shape index (κ2) is 4.77. The quantitative estimate of drug-likeness (QED) is 0.616. The Bertz CT molecular complexity index is 733. The molecule has 3 rings (SSSR count). The van der Waals surface area contributed by atoms with Crippen LogP contribution in [0.15, 0.2) is 60.8 Å². The van der Waals surface area contributed by atoms with Crippen molar-refractivity contribution in [3.63, 3.8) is 0 Å². The SMILES string of the molecule is CC(=Cc1cn(C)c2ccccc12)c1ccccc1. The van der Waals surface area contributed by atoms with Crippen molar-refractivity contribution in [1.82, 2.24) is 4.57 Å². The Balaban J connectivity index is 2.11. The van der Waals surface area contributed by atoms with Crippen LogP contribution in [0.25, 0.3) is 22.6 Å². The molecular weight excluding hydrogens is 230 g/mol. The molecule has 1 heteroatoms. The fourth-order valence-corrected chi connectivity index (χ4v) is 2.51. The van der Waals surface area contributed by atoms with E-state index in [0.29, 0.717) is 0 Å². The zero-order chi connectivity index (χ0) is 13.2. The molecule has 0 spiro atoms.